The highest BCUT2D eigenvalue weighted by Gasteiger charge is 2.18. The molecule has 0 aliphatic heterocycles. The lowest BCUT2D eigenvalue weighted by molar-refractivity contribution is 0.577. The Morgan fingerprint density at radius 1 is 1.22 bits per heavy atom. The van der Waals surface area contributed by atoms with Gasteiger partial charge in [0, 0.05) is 18.2 Å². The Kier molecular flexibility index (Phi) is 4.10. The zero-order valence-corrected chi connectivity index (χ0v) is 11.0. The van der Waals surface area contributed by atoms with E-state index in [1.807, 2.05) is 25.1 Å². The first-order chi connectivity index (χ1) is 8.77. The fraction of sp³-hybridized carbons (Fsp3) is 0.429. The van der Waals surface area contributed by atoms with Crippen LogP contribution in [0.15, 0.2) is 30.3 Å². The van der Waals surface area contributed by atoms with Crippen molar-refractivity contribution in [3.8, 4) is 5.69 Å². The van der Waals surface area contributed by atoms with Gasteiger partial charge in [-0.2, -0.15) is 0 Å². The van der Waals surface area contributed by atoms with E-state index >= 15 is 0 Å². The monoisotopic (exact) mass is 244 g/mol. The Hall–Kier alpha value is -1.68. The number of aromatic nitrogens is 3. The molecular weight excluding hydrogens is 224 g/mol. The van der Waals surface area contributed by atoms with Crippen LogP contribution in [0.1, 0.15) is 37.3 Å². The predicted octanol–water partition coefficient (Wildman–Crippen LogP) is 2.42. The topological polar surface area (TPSA) is 56.7 Å². The van der Waals surface area contributed by atoms with Crippen molar-refractivity contribution in [3.63, 3.8) is 0 Å². The van der Waals surface area contributed by atoms with Crippen molar-refractivity contribution in [2.75, 3.05) is 6.54 Å². The standard InChI is InChI=1S/C14H20N4/c1-3-7-12(10-15)14-17-16-11(2)18(14)13-8-5-4-6-9-13/h4-6,8-9,12H,3,7,10,15H2,1-2H3. The molecule has 4 nitrogen and oxygen atoms in total. The van der Waals surface area contributed by atoms with Crippen LogP contribution in [0.4, 0.5) is 0 Å². The minimum Gasteiger partial charge on any atom is -0.330 e. The zero-order chi connectivity index (χ0) is 13.0. The fourth-order valence-electron chi connectivity index (χ4n) is 2.24. The summed E-state index contributed by atoms with van der Waals surface area (Å²) >= 11 is 0. The molecule has 1 aromatic heterocycles. The van der Waals surface area contributed by atoms with Crippen LogP contribution in [0.2, 0.25) is 0 Å². The maximum atomic E-state index is 5.87. The summed E-state index contributed by atoms with van der Waals surface area (Å²) in [7, 11) is 0. The first-order valence-electron chi connectivity index (χ1n) is 6.45. The second-order valence-electron chi connectivity index (χ2n) is 4.50. The largest absolute Gasteiger partial charge is 0.330 e. The molecule has 0 aliphatic carbocycles. The molecule has 0 amide bonds. The quantitative estimate of drug-likeness (QED) is 0.878. The highest BCUT2D eigenvalue weighted by molar-refractivity contribution is 5.34. The van der Waals surface area contributed by atoms with E-state index in [4.69, 9.17) is 5.73 Å². The number of nitrogens with zero attached hydrogens (tertiary/aromatic N) is 3. The van der Waals surface area contributed by atoms with Crippen molar-refractivity contribution < 1.29 is 0 Å². The summed E-state index contributed by atoms with van der Waals surface area (Å²) in [6.45, 7) is 4.75. The number of para-hydroxylation sites is 1. The van der Waals surface area contributed by atoms with Gasteiger partial charge in [0.25, 0.3) is 0 Å². The molecule has 0 bridgehead atoms. The van der Waals surface area contributed by atoms with Gasteiger partial charge >= 0.3 is 0 Å². The third-order valence-corrected chi connectivity index (χ3v) is 3.15. The molecule has 2 N–H and O–H groups in total. The predicted molar refractivity (Wildman–Crippen MR) is 72.8 cm³/mol. The van der Waals surface area contributed by atoms with Crippen LogP contribution in [0, 0.1) is 6.92 Å². The first-order valence-corrected chi connectivity index (χ1v) is 6.45. The van der Waals surface area contributed by atoms with E-state index in [1.54, 1.807) is 0 Å². The van der Waals surface area contributed by atoms with Gasteiger partial charge in [-0.15, -0.1) is 10.2 Å². The van der Waals surface area contributed by atoms with Crippen LogP contribution in [-0.4, -0.2) is 21.3 Å². The highest BCUT2D eigenvalue weighted by atomic mass is 15.3. The number of benzene rings is 1. The Morgan fingerprint density at radius 3 is 2.56 bits per heavy atom. The lowest BCUT2D eigenvalue weighted by Crippen LogP contribution is -2.17. The SMILES string of the molecule is CCCC(CN)c1nnc(C)n1-c1ccccc1. The van der Waals surface area contributed by atoms with Gasteiger partial charge in [-0.05, 0) is 25.5 Å². The van der Waals surface area contributed by atoms with Crippen LogP contribution < -0.4 is 5.73 Å². The van der Waals surface area contributed by atoms with E-state index in [1.165, 1.54) is 0 Å². The third-order valence-electron chi connectivity index (χ3n) is 3.15. The van der Waals surface area contributed by atoms with Crippen molar-refractivity contribution in [1.82, 2.24) is 14.8 Å². The van der Waals surface area contributed by atoms with E-state index < -0.39 is 0 Å². The molecule has 1 unspecified atom stereocenters. The molecule has 4 heteroatoms. The lowest BCUT2D eigenvalue weighted by Gasteiger charge is -2.15. The van der Waals surface area contributed by atoms with Crippen molar-refractivity contribution in [3.05, 3.63) is 42.0 Å². The van der Waals surface area contributed by atoms with Crippen LogP contribution in [0.5, 0.6) is 0 Å². The molecule has 0 spiro atoms. The first kappa shape index (κ1) is 12.8. The molecule has 0 saturated heterocycles. The molecule has 0 saturated carbocycles. The van der Waals surface area contributed by atoms with E-state index in [2.05, 4.69) is 33.8 Å². The number of nitrogens with two attached hydrogens (primary N) is 1. The molecule has 18 heavy (non-hydrogen) atoms. The average molecular weight is 244 g/mol. The Bertz CT molecular complexity index is 490. The molecule has 1 heterocycles. The van der Waals surface area contributed by atoms with Crippen molar-refractivity contribution >= 4 is 0 Å². The van der Waals surface area contributed by atoms with Crippen molar-refractivity contribution in [1.29, 1.82) is 0 Å². The number of rotatable bonds is 5. The third kappa shape index (κ3) is 2.43. The number of aryl methyl sites for hydroxylation is 1. The summed E-state index contributed by atoms with van der Waals surface area (Å²) in [6, 6.07) is 10.2. The van der Waals surface area contributed by atoms with Crippen LogP contribution in [-0.2, 0) is 0 Å². The maximum Gasteiger partial charge on any atom is 0.141 e. The van der Waals surface area contributed by atoms with E-state index in [0.29, 0.717) is 6.54 Å². The molecule has 2 aromatic rings. The van der Waals surface area contributed by atoms with Crippen molar-refractivity contribution in [2.45, 2.75) is 32.6 Å². The molecule has 0 radical (unpaired) electrons. The van der Waals surface area contributed by atoms with Gasteiger partial charge in [-0.3, -0.25) is 4.57 Å². The Balaban J connectivity index is 2.44. The molecule has 0 aliphatic rings. The van der Waals surface area contributed by atoms with E-state index in [0.717, 1.165) is 30.2 Å². The smallest absolute Gasteiger partial charge is 0.141 e. The van der Waals surface area contributed by atoms with Crippen LogP contribution in [0.3, 0.4) is 0 Å². The highest BCUT2D eigenvalue weighted by Crippen LogP contribution is 2.22. The van der Waals surface area contributed by atoms with E-state index in [9.17, 15) is 0 Å². The van der Waals surface area contributed by atoms with Gasteiger partial charge in [0.15, 0.2) is 0 Å². The molecule has 96 valence electrons. The van der Waals surface area contributed by atoms with Gasteiger partial charge < -0.3 is 5.73 Å². The average Bonchev–Trinajstić information content (AvgIpc) is 2.79. The molecule has 2 rings (SSSR count). The van der Waals surface area contributed by atoms with Gasteiger partial charge in [0.2, 0.25) is 0 Å². The molecule has 1 aromatic carbocycles. The molecule has 1 atom stereocenters. The Labute approximate surface area is 108 Å². The Morgan fingerprint density at radius 2 is 1.94 bits per heavy atom. The summed E-state index contributed by atoms with van der Waals surface area (Å²) in [6.07, 6.45) is 2.14. The van der Waals surface area contributed by atoms with Gasteiger partial charge in [0.05, 0.1) is 0 Å². The minimum atomic E-state index is 0.274. The second-order valence-corrected chi connectivity index (χ2v) is 4.50. The molecule has 0 fully saturated rings. The summed E-state index contributed by atoms with van der Waals surface area (Å²) in [5.74, 6) is 2.16. The maximum absolute atomic E-state index is 5.87. The summed E-state index contributed by atoms with van der Waals surface area (Å²) in [4.78, 5) is 0. The van der Waals surface area contributed by atoms with Gasteiger partial charge in [-0.1, -0.05) is 31.5 Å². The summed E-state index contributed by atoms with van der Waals surface area (Å²) in [5, 5.41) is 8.52. The van der Waals surface area contributed by atoms with Gasteiger partial charge in [0.1, 0.15) is 11.6 Å². The summed E-state index contributed by atoms with van der Waals surface area (Å²) < 4.78 is 2.10. The van der Waals surface area contributed by atoms with Crippen molar-refractivity contribution in [2.24, 2.45) is 5.73 Å². The molecular formula is C14H20N4. The summed E-state index contributed by atoms with van der Waals surface area (Å²) in [5.41, 5.74) is 6.97. The minimum absolute atomic E-state index is 0.274. The normalized spacial score (nSPS) is 12.6. The number of hydrogen-bond donors (Lipinski definition) is 1. The number of hydrogen-bond acceptors (Lipinski definition) is 3. The van der Waals surface area contributed by atoms with E-state index in [-0.39, 0.29) is 5.92 Å². The zero-order valence-electron chi connectivity index (χ0n) is 11.0. The second kappa shape index (κ2) is 5.78. The van der Waals surface area contributed by atoms with Crippen LogP contribution >= 0.6 is 0 Å². The van der Waals surface area contributed by atoms with Gasteiger partial charge in [-0.25, -0.2) is 0 Å². The fourth-order valence-corrected chi connectivity index (χ4v) is 2.24. The van der Waals surface area contributed by atoms with Crippen LogP contribution in [0.25, 0.3) is 5.69 Å². The lowest BCUT2D eigenvalue weighted by atomic mass is 10.0.